The van der Waals surface area contributed by atoms with Crippen molar-refractivity contribution in [1.29, 1.82) is 0 Å². The van der Waals surface area contributed by atoms with E-state index in [1.54, 1.807) is 11.8 Å². The molecule has 2 aliphatic rings. The summed E-state index contributed by atoms with van der Waals surface area (Å²) in [6.07, 6.45) is 1.90. The van der Waals surface area contributed by atoms with Crippen LogP contribution in [-0.4, -0.2) is 65.4 Å². The second-order valence-corrected chi connectivity index (χ2v) is 8.35. The second kappa shape index (κ2) is 9.07. The summed E-state index contributed by atoms with van der Waals surface area (Å²) in [5.74, 6) is 2.01. The molecule has 1 aromatic heterocycles. The third-order valence-electron chi connectivity index (χ3n) is 6.19. The average Bonchev–Trinajstić information content (AvgIpc) is 3.46. The summed E-state index contributed by atoms with van der Waals surface area (Å²) >= 11 is 0. The highest BCUT2D eigenvalue weighted by atomic mass is 16.5. The summed E-state index contributed by atoms with van der Waals surface area (Å²) < 4.78 is 11.0. The van der Waals surface area contributed by atoms with Gasteiger partial charge in [0.2, 0.25) is 5.91 Å². The van der Waals surface area contributed by atoms with Crippen LogP contribution in [0.4, 0.5) is 5.69 Å². The van der Waals surface area contributed by atoms with Crippen LogP contribution in [0.15, 0.2) is 65.3 Å². The van der Waals surface area contributed by atoms with E-state index in [1.807, 2.05) is 59.5 Å². The van der Waals surface area contributed by atoms with Crippen molar-refractivity contribution in [3.63, 3.8) is 0 Å². The fourth-order valence-electron chi connectivity index (χ4n) is 4.42. The lowest BCUT2D eigenvalue weighted by atomic mass is 10.2. The molecule has 2 saturated heterocycles. The van der Waals surface area contributed by atoms with Gasteiger partial charge in [0.1, 0.15) is 17.8 Å². The van der Waals surface area contributed by atoms with Gasteiger partial charge < -0.3 is 19.0 Å². The molecule has 1 unspecified atom stereocenters. The zero-order chi connectivity index (χ0) is 22.8. The summed E-state index contributed by atoms with van der Waals surface area (Å²) in [6.45, 7) is 5.06. The molecule has 8 heteroatoms. The molecule has 33 heavy (non-hydrogen) atoms. The fourth-order valence-corrected chi connectivity index (χ4v) is 4.42. The lowest BCUT2D eigenvalue weighted by Gasteiger charge is -2.37. The minimum absolute atomic E-state index is 0.103. The Balaban J connectivity index is 1.17. The molecule has 170 valence electrons. The van der Waals surface area contributed by atoms with Crippen molar-refractivity contribution in [3.8, 4) is 11.5 Å². The van der Waals surface area contributed by atoms with E-state index in [1.165, 1.54) is 6.26 Å². The third-order valence-corrected chi connectivity index (χ3v) is 6.19. The van der Waals surface area contributed by atoms with E-state index in [4.69, 9.17) is 9.15 Å². The monoisotopic (exact) mass is 446 g/mol. The summed E-state index contributed by atoms with van der Waals surface area (Å²) in [6, 6.07) is 17.4. The van der Waals surface area contributed by atoms with Crippen molar-refractivity contribution < 1.29 is 18.7 Å². The Morgan fingerprint density at radius 2 is 1.70 bits per heavy atom. The molecule has 2 amide bonds. The number of hydrogen-bond donors (Lipinski definition) is 0. The maximum Gasteiger partial charge on any atom is 0.275 e. The number of carbonyl (C=O) groups is 2. The Kier molecular flexibility index (Phi) is 5.83. The van der Waals surface area contributed by atoms with E-state index in [9.17, 15) is 9.59 Å². The van der Waals surface area contributed by atoms with Gasteiger partial charge in [-0.05, 0) is 36.4 Å². The number of para-hydroxylation sites is 1. The first kappa shape index (κ1) is 21.2. The molecule has 1 atom stereocenters. The number of aromatic nitrogens is 1. The van der Waals surface area contributed by atoms with Crippen LogP contribution in [0.1, 0.15) is 22.8 Å². The Morgan fingerprint density at radius 3 is 2.36 bits per heavy atom. The SMILES string of the molecule is Cc1nc(C(=O)N2CCN(C3CC(=O)N(c4ccc(Oc5ccccc5)cc4)C3)CC2)co1. The van der Waals surface area contributed by atoms with Crippen LogP contribution in [0.25, 0.3) is 0 Å². The highest BCUT2D eigenvalue weighted by Gasteiger charge is 2.36. The number of piperazine rings is 1. The van der Waals surface area contributed by atoms with Gasteiger partial charge >= 0.3 is 0 Å². The minimum Gasteiger partial charge on any atom is -0.457 e. The smallest absolute Gasteiger partial charge is 0.275 e. The molecule has 2 aliphatic heterocycles. The summed E-state index contributed by atoms with van der Waals surface area (Å²) in [5, 5.41) is 0. The topological polar surface area (TPSA) is 79.1 Å². The Bertz CT molecular complexity index is 1120. The first-order valence-electron chi connectivity index (χ1n) is 11.2. The Morgan fingerprint density at radius 1 is 1.00 bits per heavy atom. The standard InChI is InChI=1S/C25H26N4O4/c1-18-26-23(17-32-18)25(31)28-13-11-27(12-14-28)20-15-24(30)29(16-20)19-7-9-22(10-8-19)33-21-5-3-2-4-6-21/h2-10,17,20H,11-16H2,1H3. The zero-order valence-electron chi connectivity index (χ0n) is 18.5. The number of anilines is 1. The zero-order valence-corrected chi connectivity index (χ0v) is 18.5. The van der Waals surface area contributed by atoms with Crippen LogP contribution in [0.3, 0.4) is 0 Å². The van der Waals surface area contributed by atoms with Crippen LogP contribution in [0.5, 0.6) is 11.5 Å². The molecule has 8 nitrogen and oxygen atoms in total. The van der Waals surface area contributed by atoms with Gasteiger partial charge in [0, 0.05) is 57.8 Å². The number of amides is 2. The number of ether oxygens (including phenoxy) is 1. The van der Waals surface area contributed by atoms with Gasteiger partial charge in [0.25, 0.3) is 5.91 Å². The second-order valence-electron chi connectivity index (χ2n) is 8.35. The molecule has 0 radical (unpaired) electrons. The largest absolute Gasteiger partial charge is 0.457 e. The van der Waals surface area contributed by atoms with E-state index in [2.05, 4.69) is 9.88 Å². The van der Waals surface area contributed by atoms with E-state index in [0.717, 1.165) is 30.3 Å². The van der Waals surface area contributed by atoms with Gasteiger partial charge in [0.15, 0.2) is 11.6 Å². The number of carbonyl (C=O) groups excluding carboxylic acids is 2. The average molecular weight is 447 g/mol. The lowest BCUT2D eigenvalue weighted by molar-refractivity contribution is -0.117. The van der Waals surface area contributed by atoms with Gasteiger partial charge in [-0.3, -0.25) is 14.5 Å². The fraction of sp³-hybridized carbons (Fsp3) is 0.320. The molecule has 0 spiro atoms. The van der Waals surface area contributed by atoms with Crippen molar-refractivity contribution in [1.82, 2.24) is 14.8 Å². The first-order chi connectivity index (χ1) is 16.1. The number of rotatable bonds is 5. The van der Waals surface area contributed by atoms with Crippen LogP contribution in [0.2, 0.25) is 0 Å². The first-order valence-corrected chi connectivity index (χ1v) is 11.2. The quantitative estimate of drug-likeness (QED) is 0.598. The number of hydrogen-bond acceptors (Lipinski definition) is 6. The van der Waals surface area contributed by atoms with Crippen molar-refractivity contribution in [2.75, 3.05) is 37.6 Å². The number of benzene rings is 2. The lowest BCUT2D eigenvalue weighted by Crippen LogP contribution is -2.52. The van der Waals surface area contributed by atoms with Crippen LogP contribution >= 0.6 is 0 Å². The van der Waals surface area contributed by atoms with Gasteiger partial charge in [-0.2, -0.15) is 0 Å². The molecular formula is C25H26N4O4. The van der Waals surface area contributed by atoms with Gasteiger partial charge in [-0.15, -0.1) is 0 Å². The molecule has 0 saturated carbocycles. The normalized spacial score (nSPS) is 19.2. The van der Waals surface area contributed by atoms with E-state index in [-0.39, 0.29) is 17.9 Å². The van der Waals surface area contributed by atoms with E-state index < -0.39 is 0 Å². The molecule has 0 bridgehead atoms. The van der Waals surface area contributed by atoms with Crippen molar-refractivity contribution in [3.05, 3.63) is 72.4 Å². The summed E-state index contributed by atoms with van der Waals surface area (Å²) in [7, 11) is 0. The number of nitrogens with zero attached hydrogens (tertiary/aromatic N) is 4. The van der Waals surface area contributed by atoms with Crippen LogP contribution in [-0.2, 0) is 4.79 Å². The minimum atomic E-state index is -0.103. The molecule has 0 N–H and O–H groups in total. The predicted octanol–water partition coefficient (Wildman–Crippen LogP) is 3.34. The summed E-state index contributed by atoms with van der Waals surface area (Å²) in [4.78, 5) is 35.4. The number of oxazole rings is 1. The van der Waals surface area contributed by atoms with Gasteiger partial charge in [0.05, 0.1) is 0 Å². The molecular weight excluding hydrogens is 420 g/mol. The van der Waals surface area contributed by atoms with Crippen molar-refractivity contribution >= 4 is 17.5 Å². The Hall–Kier alpha value is -3.65. The highest BCUT2D eigenvalue weighted by molar-refractivity contribution is 5.96. The third kappa shape index (κ3) is 4.61. The summed E-state index contributed by atoms with van der Waals surface area (Å²) in [5.41, 5.74) is 1.22. The highest BCUT2D eigenvalue weighted by Crippen LogP contribution is 2.28. The Labute approximate surface area is 192 Å². The molecule has 2 aromatic carbocycles. The maximum absolute atomic E-state index is 12.7. The van der Waals surface area contributed by atoms with Crippen LogP contribution in [0, 0.1) is 6.92 Å². The maximum atomic E-state index is 12.7. The van der Waals surface area contributed by atoms with Gasteiger partial charge in [-0.1, -0.05) is 18.2 Å². The predicted molar refractivity (Wildman–Crippen MR) is 122 cm³/mol. The molecule has 0 aliphatic carbocycles. The van der Waals surface area contributed by atoms with Crippen LogP contribution < -0.4 is 9.64 Å². The molecule has 5 rings (SSSR count). The van der Waals surface area contributed by atoms with E-state index >= 15 is 0 Å². The molecule has 3 heterocycles. The van der Waals surface area contributed by atoms with Gasteiger partial charge in [-0.25, -0.2) is 4.98 Å². The van der Waals surface area contributed by atoms with Crippen molar-refractivity contribution in [2.45, 2.75) is 19.4 Å². The molecule has 2 fully saturated rings. The van der Waals surface area contributed by atoms with Crippen molar-refractivity contribution in [2.24, 2.45) is 0 Å². The van der Waals surface area contributed by atoms with E-state index in [0.29, 0.717) is 37.6 Å². The molecule has 3 aromatic rings. The number of aryl methyl sites for hydroxylation is 1.